The molecule has 0 saturated heterocycles. The second kappa shape index (κ2) is 3.56. The first kappa shape index (κ1) is 10.3. The first-order chi connectivity index (χ1) is 8.13. The van der Waals surface area contributed by atoms with Gasteiger partial charge in [0.15, 0.2) is 0 Å². The number of aromatic carboxylic acids is 1. The number of hydrogen-bond donors (Lipinski definition) is 2. The van der Waals surface area contributed by atoms with Crippen LogP contribution in [0, 0.1) is 0 Å². The number of thiophene rings is 1. The van der Waals surface area contributed by atoms with E-state index in [0.29, 0.717) is 11.3 Å². The molecular formula is C12H9NO3S. The Morgan fingerprint density at radius 3 is 2.88 bits per heavy atom. The summed E-state index contributed by atoms with van der Waals surface area (Å²) >= 11 is 1.27. The van der Waals surface area contributed by atoms with Crippen molar-refractivity contribution in [3.63, 3.8) is 0 Å². The van der Waals surface area contributed by atoms with E-state index in [4.69, 9.17) is 5.11 Å². The third-order valence-electron chi connectivity index (χ3n) is 2.85. The van der Waals surface area contributed by atoms with Crippen molar-refractivity contribution in [2.24, 2.45) is 0 Å². The molecule has 0 saturated carbocycles. The molecule has 0 spiro atoms. The van der Waals surface area contributed by atoms with Crippen LogP contribution in [0.5, 0.6) is 0 Å². The van der Waals surface area contributed by atoms with Gasteiger partial charge < -0.3 is 10.4 Å². The second-order valence-corrected chi connectivity index (χ2v) is 5.09. The molecule has 1 aromatic carbocycles. The van der Waals surface area contributed by atoms with Crippen molar-refractivity contribution in [3.05, 3.63) is 28.6 Å². The Kier molecular flexibility index (Phi) is 2.16. The summed E-state index contributed by atoms with van der Waals surface area (Å²) in [5, 5.41) is 12.6. The van der Waals surface area contributed by atoms with Crippen LogP contribution in [0.2, 0.25) is 0 Å². The first-order valence-corrected chi connectivity index (χ1v) is 6.05. The van der Waals surface area contributed by atoms with Gasteiger partial charge in [-0.2, -0.15) is 0 Å². The van der Waals surface area contributed by atoms with Crippen LogP contribution in [0.1, 0.15) is 21.7 Å². The standard InChI is InChI=1S/C12H9NO3S/c14-11-2-1-6-4-9-7(3-8(6)13-11)5-10(17-9)12(15)16/h3-5H,1-2H2,(H,13,14)(H,15,16). The van der Waals surface area contributed by atoms with Gasteiger partial charge in [0.1, 0.15) is 4.88 Å². The summed E-state index contributed by atoms with van der Waals surface area (Å²) in [7, 11) is 0. The van der Waals surface area contributed by atoms with E-state index in [0.717, 1.165) is 27.8 Å². The number of aryl methyl sites for hydroxylation is 1. The molecule has 2 aromatic rings. The van der Waals surface area contributed by atoms with Gasteiger partial charge in [0, 0.05) is 16.8 Å². The highest BCUT2D eigenvalue weighted by molar-refractivity contribution is 7.20. The van der Waals surface area contributed by atoms with Crippen LogP contribution in [-0.2, 0) is 11.2 Å². The van der Waals surface area contributed by atoms with E-state index >= 15 is 0 Å². The van der Waals surface area contributed by atoms with E-state index in [2.05, 4.69) is 5.32 Å². The quantitative estimate of drug-likeness (QED) is 0.813. The Hall–Kier alpha value is -1.88. The largest absolute Gasteiger partial charge is 0.477 e. The summed E-state index contributed by atoms with van der Waals surface area (Å²) in [6, 6.07) is 5.47. The molecule has 0 atom stereocenters. The average Bonchev–Trinajstić information content (AvgIpc) is 2.68. The average molecular weight is 247 g/mol. The van der Waals surface area contributed by atoms with Gasteiger partial charge in [-0.15, -0.1) is 11.3 Å². The Morgan fingerprint density at radius 1 is 1.29 bits per heavy atom. The van der Waals surface area contributed by atoms with Crippen molar-refractivity contribution >= 4 is 39.0 Å². The van der Waals surface area contributed by atoms with E-state index in [1.807, 2.05) is 12.1 Å². The summed E-state index contributed by atoms with van der Waals surface area (Å²) in [5.74, 6) is -0.890. The topological polar surface area (TPSA) is 66.4 Å². The number of nitrogens with one attached hydrogen (secondary N) is 1. The summed E-state index contributed by atoms with van der Waals surface area (Å²) in [4.78, 5) is 22.5. The number of carbonyl (C=O) groups excluding carboxylic acids is 1. The van der Waals surface area contributed by atoms with E-state index in [9.17, 15) is 9.59 Å². The second-order valence-electron chi connectivity index (χ2n) is 4.01. The van der Waals surface area contributed by atoms with Crippen molar-refractivity contribution in [3.8, 4) is 0 Å². The Bertz CT molecular complexity index is 644. The van der Waals surface area contributed by atoms with Crippen molar-refractivity contribution in [2.75, 3.05) is 5.32 Å². The smallest absolute Gasteiger partial charge is 0.345 e. The number of carboxylic acids is 1. The molecule has 1 aromatic heterocycles. The molecule has 2 heterocycles. The lowest BCUT2D eigenvalue weighted by Crippen LogP contribution is -2.18. The zero-order chi connectivity index (χ0) is 12.0. The molecular weight excluding hydrogens is 238 g/mol. The number of rotatable bonds is 1. The van der Waals surface area contributed by atoms with Crippen LogP contribution in [0.25, 0.3) is 10.1 Å². The number of anilines is 1. The van der Waals surface area contributed by atoms with Gasteiger partial charge in [0.2, 0.25) is 5.91 Å². The van der Waals surface area contributed by atoms with Crippen LogP contribution < -0.4 is 5.32 Å². The Balaban J connectivity index is 2.18. The lowest BCUT2D eigenvalue weighted by Gasteiger charge is -2.16. The lowest BCUT2D eigenvalue weighted by molar-refractivity contribution is -0.116. The van der Waals surface area contributed by atoms with Gasteiger partial charge in [-0.25, -0.2) is 4.79 Å². The molecule has 1 amide bonds. The highest BCUT2D eigenvalue weighted by atomic mass is 32.1. The normalized spacial score (nSPS) is 14.5. The molecule has 0 fully saturated rings. The number of fused-ring (bicyclic) bond motifs is 2. The van der Waals surface area contributed by atoms with Crippen LogP contribution in [0.15, 0.2) is 18.2 Å². The minimum Gasteiger partial charge on any atom is -0.477 e. The van der Waals surface area contributed by atoms with Crippen molar-refractivity contribution in [1.29, 1.82) is 0 Å². The fraction of sp³-hybridized carbons (Fsp3) is 0.167. The van der Waals surface area contributed by atoms with E-state index < -0.39 is 5.97 Å². The molecule has 0 bridgehead atoms. The summed E-state index contributed by atoms with van der Waals surface area (Å²) < 4.78 is 0.956. The highest BCUT2D eigenvalue weighted by Crippen LogP contribution is 2.33. The summed E-state index contributed by atoms with van der Waals surface area (Å²) in [6.45, 7) is 0. The number of carboxylic acid groups (broad SMARTS) is 1. The van der Waals surface area contributed by atoms with Crippen LogP contribution >= 0.6 is 11.3 Å². The van der Waals surface area contributed by atoms with Gasteiger partial charge in [0.05, 0.1) is 0 Å². The molecule has 0 aliphatic carbocycles. The van der Waals surface area contributed by atoms with Gasteiger partial charge >= 0.3 is 5.97 Å². The molecule has 17 heavy (non-hydrogen) atoms. The van der Waals surface area contributed by atoms with Crippen molar-refractivity contribution < 1.29 is 14.7 Å². The number of carbonyl (C=O) groups is 2. The molecule has 4 nitrogen and oxygen atoms in total. The molecule has 2 N–H and O–H groups in total. The van der Waals surface area contributed by atoms with Crippen molar-refractivity contribution in [1.82, 2.24) is 0 Å². The molecule has 5 heteroatoms. The van der Waals surface area contributed by atoms with Crippen LogP contribution in [0.4, 0.5) is 5.69 Å². The zero-order valence-corrected chi connectivity index (χ0v) is 9.63. The van der Waals surface area contributed by atoms with Crippen molar-refractivity contribution in [2.45, 2.75) is 12.8 Å². The third-order valence-corrected chi connectivity index (χ3v) is 3.93. The van der Waals surface area contributed by atoms with Gasteiger partial charge in [0.25, 0.3) is 0 Å². The van der Waals surface area contributed by atoms with Gasteiger partial charge in [-0.3, -0.25) is 4.79 Å². The van der Waals surface area contributed by atoms with Crippen LogP contribution in [-0.4, -0.2) is 17.0 Å². The summed E-state index contributed by atoms with van der Waals surface area (Å²) in [6.07, 6.45) is 1.22. The Morgan fingerprint density at radius 2 is 2.12 bits per heavy atom. The fourth-order valence-corrected chi connectivity index (χ4v) is 2.97. The molecule has 0 unspecified atom stereocenters. The number of amides is 1. The van der Waals surface area contributed by atoms with E-state index in [1.54, 1.807) is 6.07 Å². The first-order valence-electron chi connectivity index (χ1n) is 5.23. The number of benzene rings is 1. The summed E-state index contributed by atoms with van der Waals surface area (Å²) in [5.41, 5.74) is 1.89. The maximum atomic E-state index is 11.3. The van der Waals surface area contributed by atoms with Gasteiger partial charge in [-0.1, -0.05) is 0 Å². The van der Waals surface area contributed by atoms with E-state index in [-0.39, 0.29) is 5.91 Å². The zero-order valence-electron chi connectivity index (χ0n) is 8.82. The SMILES string of the molecule is O=C1CCc2cc3sc(C(=O)O)cc3cc2N1. The molecule has 86 valence electrons. The lowest BCUT2D eigenvalue weighted by atomic mass is 10.0. The predicted molar refractivity (Wildman–Crippen MR) is 65.7 cm³/mol. The molecule has 1 aliphatic rings. The number of hydrogen-bond acceptors (Lipinski definition) is 3. The highest BCUT2D eigenvalue weighted by Gasteiger charge is 2.17. The van der Waals surface area contributed by atoms with E-state index in [1.165, 1.54) is 11.3 Å². The van der Waals surface area contributed by atoms with Crippen LogP contribution in [0.3, 0.4) is 0 Å². The predicted octanol–water partition coefficient (Wildman–Crippen LogP) is 2.48. The monoisotopic (exact) mass is 247 g/mol. The van der Waals surface area contributed by atoms with Gasteiger partial charge in [-0.05, 0) is 35.6 Å². The third kappa shape index (κ3) is 1.68. The Labute approximate surface area is 101 Å². The maximum absolute atomic E-state index is 11.3. The minimum atomic E-state index is -0.909. The minimum absolute atomic E-state index is 0.0190. The molecule has 0 radical (unpaired) electrons. The fourth-order valence-electron chi connectivity index (χ4n) is 2.02. The molecule has 3 rings (SSSR count). The maximum Gasteiger partial charge on any atom is 0.345 e. The molecule has 1 aliphatic heterocycles.